The molecule has 28 heavy (non-hydrogen) atoms. The van der Waals surface area contributed by atoms with Crippen LogP contribution in [-0.2, 0) is 15.8 Å². The van der Waals surface area contributed by atoms with E-state index in [1.807, 2.05) is 0 Å². The molecule has 6 nitrogen and oxygen atoms in total. The Labute approximate surface area is 163 Å². The van der Waals surface area contributed by atoms with Gasteiger partial charge >= 0.3 is 12.1 Å². The minimum Gasteiger partial charge on any atom is -0.252 e. The fourth-order valence-corrected chi connectivity index (χ4v) is 3.84. The first-order valence-corrected chi connectivity index (χ1v) is 10.0. The number of nitrogens with zero attached hydrogens (tertiary/aromatic N) is 4. The Morgan fingerprint density at radius 1 is 1.07 bits per heavy atom. The molecule has 3 rings (SSSR count). The Hall–Kier alpha value is -2.15. The Morgan fingerprint density at radius 2 is 1.75 bits per heavy atom. The van der Waals surface area contributed by atoms with E-state index in [4.69, 9.17) is 0 Å². The van der Waals surface area contributed by atoms with Crippen LogP contribution in [0.1, 0.15) is 12.5 Å². The summed E-state index contributed by atoms with van der Waals surface area (Å²) in [7, 11) is -3.73. The quantitative estimate of drug-likeness (QED) is 0.522. The van der Waals surface area contributed by atoms with Gasteiger partial charge in [0.15, 0.2) is 15.7 Å². The van der Waals surface area contributed by atoms with E-state index < -0.39 is 27.5 Å². The molecule has 0 saturated carbocycles. The molecule has 150 valence electrons. The lowest BCUT2D eigenvalue weighted by Crippen LogP contribution is -2.33. The lowest BCUT2D eigenvalue weighted by molar-refractivity contribution is -0.289. The Morgan fingerprint density at radius 3 is 2.36 bits per heavy atom. The number of halogens is 6. The molecule has 3 heterocycles. The third-order valence-corrected chi connectivity index (χ3v) is 5.97. The molecule has 0 unspecified atom stereocenters. The minimum atomic E-state index is -5.79. The summed E-state index contributed by atoms with van der Waals surface area (Å²) in [5, 5.41) is 3.89. The van der Waals surface area contributed by atoms with Crippen LogP contribution >= 0.6 is 15.9 Å². The zero-order valence-corrected chi connectivity index (χ0v) is 16.3. The van der Waals surface area contributed by atoms with Crippen molar-refractivity contribution in [2.75, 3.05) is 5.75 Å². The number of alkyl halides is 5. The third kappa shape index (κ3) is 3.48. The second kappa shape index (κ2) is 6.72. The topological polar surface area (TPSA) is 77.7 Å². The van der Waals surface area contributed by atoms with Gasteiger partial charge in [0.2, 0.25) is 0 Å². The molecule has 0 fully saturated rings. The van der Waals surface area contributed by atoms with Gasteiger partial charge in [0.1, 0.15) is 15.9 Å². The van der Waals surface area contributed by atoms with Gasteiger partial charge in [-0.15, -0.1) is 0 Å². The number of pyridine rings is 2. The van der Waals surface area contributed by atoms with Crippen molar-refractivity contribution in [3.63, 3.8) is 0 Å². The molecule has 0 aliphatic rings. The standard InChI is InChI=1S/C15H10BrF5N4O2S/c1-2-28(26,27)12-4-9(16)6-23-13(12)25-7-11-10(24-25)3-8(5-22-11)14(17,18)15(19,20)21/h3-7H,2H2,1H3. The van der Waals surface area contributed by atoms with E-state index in [-0.39, 0.29) is 27.5 Å². The fourth-order valence-electron chi connectivity index (χ4n) is 2.32. The molecular formula is C15H10BrF5N4O2S. The highest BCUT2D eigenvalue weighted by Gasteiger charge is 2.59. The molecule has 0 bridgehead atoms. The van der Waals surface area contributed by atoms with Gasteiger partial charge in [0.25, 0.3) is 0 Å². The number of hydrogen-bond acceptors (Lipinski definition) is 5. The summed E-state index contributed by atoms with van der Waals surface area (Å²) in [4.78, 5) is 7.39. The highest BCUT2D eigenvalue weighted by molar-refractivity contribution is 9.10. The summed E-state index contributed by atoms with van der Waals surface area (Å²) in [6.07, 6.45) is -2.90. The number of fused-ring (bicyclic) bond motifs is 1. The third-order valence-electron chi connectivity index (χ3n) is 3.81. The molecule has 0 aliphatic carbocycles. The molecule has 0 spiro atoms. The van der Waals surface area contributed by atoms with Crippen LogP contribution in [0.2, 0.25) is 0 Å². The highest BCUT2D eigenvalue weighted by Crippen LogP contribution is 2.44. The molecule has 0 radical (unpaired) electrons. The maximum Gasteiger partial charge on any atom is 0.458 e. The van der Waals surface area contributed by atoms with Gasteiger partial charge in [-0.25, -0.2) is 18.1 Å². The van der Waals surface area contributed by atoms with Crippen molar-refractivity contribution < 1.29 is 30.4 Å². The maximum absolute atomic E-state index is 13.5. The van der Waals surface area contributed by atoms with E-state index in [9.17, 15) is 30.4 Å². The van der Waals surface area contributed by atoms with E-state index in [2.05, 4.69) is 31.0 Å². The predicted molar refractivity (Wildman–Crippen MR) is 92.0 cm³/mol. The summed E-state index contributed by atoms with van der Waals surface area (Å²) in [5.41, 5.74) is -1.65. The molecule has 3 aromatic rings. The number of aromatic nitrogens is 4. The Balaban J connectivity index is 2.18. The minimum absolute atomic E-state index is 0.00807. The first-order chi connectivity index (χ1) is 12.9. The summed E-state index contributed by atoms with van der Waals surface area (Å²) < 4.78 is 90.8. The molecular weight excluding hydrogens is 475 g/mol. The Kier molecular flexibility index (Phi) is 4.94. The molecule has 0 saturated heterocycles. The van der Waals surface area contributed by atoms with E-state index in [1.165, 1.54) is 25.4 Å². The molecule has 0 aliphatic heterocycles. The first kappa shape index (κ1) is 20.6. The van der Waals surface area contributed by atoms with Crippen LogP contribution in [-0.4, -0.2) is 40.1 Å². The van der Waals surface area contributed by atoms with Gasteiger partial charge in [-0.05, 0) is 28.1 Å². The summed E-state index contributed by atoms with van der Waals surface area (Å²) >= 11 is 3.12. The summed E-state index contributed by atoms with van der Waals surface area (Å²) in [5.74, 6) is -5.48. The van der Waals surface area contributed by atoms with Gasteiger partial charge in [-0.2, -0.15) is 27.1 Å². The fraction of sp³-hybridized carbons (Fsp3) is 0.267. The highest BCUT2D eigenvalue weighted by atomic mass is 79.9. The second-order valence-corrected chi connectivity index (χ2v) is 8.82. The van der Waals surface area contributed by atoms with Crippen molar-refractivity contribution in [3.8, 4) is 5.82 Å². The zero-order valence-electron chi connectivity index (χ0n) is 13.9. The van der Waals surface area contributed by atoms with Crippen LogP contribution in [0.4, 0.5) is 22.0 Å². The molecule has 0 amide bonds. The average molecular weight is 485 g/mol. The van der Waals surface area contributed by atoms with Gasteiger partial charge in [0.05, 0.1) is 17.5 Å². The molecule has 3 aromatic heterocycles. The van der Waals surface area contributed by atoms with Gasteiger partial charge in [-0.1, -0.05) is 6.92 Å². The van der Waals surface area contributed by atoms with Crippen LogP contribution in [0, 0.1) is 0 Å². The number of rotatable bonds is 4. The average Bonchev–Trinajstić information content (AvgIpc) is 3.03. The van der Waals surface area contributed by atoms with Gasteiger partial charge in [-0.3, -0.25) is 4.98 Å². The van der Waals surface area contributed by atoms with Crippen LogP contribution in [0.15, 0.2) is 40.1 Å². The predicted octanol–water partition coefficient (Wildman–Crippen LogP) is 4.03. The van der Waals surface area contributed by atoms with Crippen molar-refractivity contribution in [2.45, 2.75) is 23.9 Å². The first-order valence-electron chi connectivity index (χ1n) is 7.56. The molecule has 0 N–H and O–H groups in total. The van der Waals surface area contributed by atoms with Crippen molar-refractivity contribution in [1.29, 1.82) is 0 Å². The zero-order chi connectivity index (χ0) is 20.9. The van der Waals surface area contributed by atoms with Crippen molar-refractivity contribution in [2.24, 2.45) is 0 Å². The molecule has 0 aromatic carbocycles. The van der Waals surface area contributed by atoms with Crippen molar-refractivity contribution >= 4 is 36.8 Å². The second-order valence-electron chi connectivity index (χ2n) is 5.65. The monoisotopic (exact) mass is 484 g/mol. The summed E-state index contributed by atoms with van der Waals surface area (Å²) in [6.45, 7) is 1.42. The maximum atomic E-state index is 13.5. The van der Waals surface area contributed by atoms with E-state index in [0.29, 0.717) is 16.7 Å². The lowest BCUT2D eigenvalue weighted by atomic mass is 10.1. The van der Waals surface area contributed by atoms with E-state index in [1.54, 1.807) is 0 Å². The molecule has 0 atom stereocenters. The lowest BCUT2D eigenvalue weighted by Gasteiger charge is -2.19. The number of hydrogen-bond donors (Lipinski definition) is 0. The Bertz CT molecular complexity index is 1160. The summed E-state index contributed by atoms with van der Waals surface area (Å²) in [6, 6.07) is 1.85. The molecule has 13 heteroatoms. The van der Waals surface area contributed by atoms with Gasteiger partial charge < -0.3 is 0 Å². The van der Waals surface area contributed by atoms with E-state index >= 15 is 0 Å². The van der Waals surface area contributed by atoms with E-state index in [0.717, 1.165) is 4.68 Å². The van der Waals surface area contributed by atoms with Crippen LogP contribution in [0.3, 0.4) is 0 Å². The van der Waals surface area contributed by atoms with Crippen LogP contribution in [0.25, 0.3) is 16.9 Å². The smallest absolute Gasteiger partial charge is 0.252 e. The largest absolute Gasteiger partial charge is 0.458 e. The van der Waals surface area contributed by atoms with Crippen molar-refractivity contribution in [1.82, 2.24) is 19.7 Å². The van der Waals surface area contributed by atoms with Crippen LogP contribution in [0.5, 0.6) is 0 Å². The number of sulfone groups is 1. The van der Waals surface area contributed by atoms with Crippen LogP contribution < -0.4 is 0 Å². The van der Waals surface area contributed by atoms with Gasteiger partial charge in [0, 0.05) is 16.9 Å². The van der Waals surface area contributed by atoms with Crippen molar-refractivity contribution in [3.05, 3.63) is 40.8 Å². The SMILES string of the molecule is CCS(=O)(=O)c1cc(Br)cnc1-n1cc2ncc(C(F)(F)C(F)(F)F)cc2n1. The normalized spacial score (nSPS) is 13.2.